The maximum absolute atomic E-state index is 12.5. The Labute approximate surface area is 164 Å². The van der Waals surface area contributed by atoms with Gasteiger partial charge in [0.25, 0.3) is 11.5 Å². The summed E-state index contributed by atoms with van der Waals surface area (Å²) in [6.45, 7) is 0.224. The summed E-state index contributed by atoms with van der Waals surface area (Å²) in [6, 6.07) is 14.8. The minimum atomic E-state index is -0.367. The lowest BCUT2D eigenvalue weighted by Gasteiger charge is -2.11. The van der Waals surface area contributed by atoms with Crippen LogP contribution in [0.2, 0.25) is 15.1 Å². The summed E-state index contributed by atoms with van der Waals surface area (Å²) in [5, 5.41) is 4.13. The first-order valence-electron chi connectivity index (χ1n) is 7.64. The Hall–Kier alpha value is -2.27. The topological polar surface area (TPSA) is 51.1 Å². The van der Waals surface area contributed by atoms with E-state index in [9.17, 15) is 9.59 Å². The van der Waals surface area contributed by atoms with Crippen molar-refractivity contribution < 1.29 is 4.79 Å². The van der Waals surface area contributed by atoms with Gasteiger partial charge in [0.2, 0.25) is 0 Å². The van der Waals surface area contributed by atoms with Crippen molar-refractivity contribution in [2.75, 3.05) is 5.32 Å². The van der Waals surface area contributed by atoms with Crippen LogP contribution in [0, 0.1) is 0 Å². The molecule has 2 aromatic carbocycles. The second-order valence-corrected chi connectivity index (χ2v) is 6.80. The predicted molar refractivity (Wildman–Crippen MR) is 106 cm³/mol. The van der Waals surface area contributed by atoms with Gasteiger partial charge in [-0.15, -0.1) is 0 Å². The van der Waals surface area contributed by atoms with E-state index in [-0.39, 0.29) is 18.0 Å². The number of nitrogens with zero attached hydrogens (tertiary/aromatic N) is 1. The molecule has 132 valence electrons. The second kappa shape index (κ2) is 7.96. The van der Waals surface area contributed by atoms with Gasteiger partial charge in [0.05, 0.1) is 22.8 Å². The molecule has 0 fully saturated rings. The van der Waals surface area contributed by atoms with Gasteiger partial charge in [-0.1, -0.05) is 53.0 Å². The molecule has 0 bridgehead atoms. The van der Waals surface area contributed by atoms with Crippen LogP contribution < -0.4 is 10.9 Å². The summed E-state index contributed by atoms with van der Waals surface area (Å²) in [6.07, 6.45) is 1.49. The van der Waals surface area contributed by atoms with Gasteiger partial charge in [-0.25, -0.2) is 0 Å². The Morgan fingerprint density at radius 3 is 2.46 bits per heavy atom. The number of hydrogen-bond acceptors (Lipinski definition) is 2. The lowest BCUT2D eigenvalue weighted by molar-refractivity contribution is 0.102. The van der Waals surface area contributed by atoms with E-state index in [1.807, 2.05) is 0 Å². The molecule has 7 heteroatoms. The first kappa shape index (κ1) is 18.5. The molecule has 4 nitrogen and oxygen atoms in total. The molecular formula is C19H13Cl3N2O2. The molecule has 0 aliphatic carbocycles. The Morgan fingerprint density at radius 1 is 0.962 bits per heavy atom. The number of rotatable bonds is 4. The third-order valence-electron chi connectivity index (χ3n) is 3.72. The van der Waals surface area contributed by atoms with E-state index in [0.717, 1.165) is 5.56 Å². The molecule has 0 aliphatic heterocycles. The highest BCUT2D eigenvalue weighted by atomic mass is 35.5. The molecule has 0 saturated heterocycles. The van der Waals surface area contributed by atoms with E-state index in [1.54, 1.807) is 42.5 Å². The van der Waals surface area contributed by atoms with Crippen LogP contribution in [0.3, 0.4) is 0 Å². The molecule has 26 heavy (non-hydrogen) atoms. The highest BCUT2D eigenvalue weighted by Gasteiger charge is 2.11. The number of halogens is 3. The van der Waals surface area contributed by atoms with Gasteiger partial charge >= 0.3 is 0 Å². The zero-order valence-electron chi connectivity index (χ0n) is 13.4. The van der Waals surface area contributed by atoms with Crippen molar-refractivity contribution in [2.24, 2.45) is 0 Å². The lowest BCUT2D eigenvalue weighted by Crippen LogP contribution is -2.22. The third-order valence-corrected chi connectivity index (χ3v) is 4.64. The molecule has 0 unspecified atom stereocenters. The summed E-state index contributed by atoms with van der Waals surface area (Å²) in [4.78, 5) is 24.6. The standard InChI is InChI=1S/C19H13Cl3N2O2/c20-14-7-5-12(16(22)9-14)10-24-11-13(6-8-18(24)25)19(26)23-17-4-2-1-3-15(17)21/h1-9,11H,10H2,(H,23,26). The minimum Gasteiger partial charge on any atom is -0.321 e. The van der Waals surface area contributed by atoms with Crippen LogP contribution in [0.4, 0.5) is 5.69 Å². The summed E-state index contributed by atoms with van der Waals surface area (Å²) < 4.78 is 1.41. The van der Waals surface area contributed by atoms with Crippen LogP contribution in [-0.2, 0) is 6.54 Å². The quantitative estimate of drug-likeness (QED) is 0.653. The van der Waals surface area contributed by atoms with Crippen molar-refractivity contribution in [1.82, 2.24) is 4.57 Å². The molecule has 1 aromatic heterocycles. The minimum absolute atomic E-state index is 0.224. The van der Waals surface area contributed by atoms with E-state index >= 15 is 0 Å². The third kappa shape index (κ3) is 4.28. The van der Waals surface area contributed by atoms with Crippen LogP contribution >= 0.6 is 34.8 Å². The van der Waals surface area contributed by atoms with E-state index in [1.165, 1.54) is 22.9 Å². The van der Waals surface area contributed by atoms with Crippen LogP contribution in [0.1, 0.15) is 15.9 Å². The van der Waals surface area contributed by atoms with Gasteiger partial charge in [-0.3, -0.25) is 9.59 Å². The normalized spacial score (nSPS) is 10.6. The van der Waals surface area contributed by atoms with E-state index < -0.39 is 0 Å². The number of benzene rings is 2. The molecule has 0 radical (unpaired) electrons. The summed E-state index contributed by atoms with van der Waals surface area (Å²) in [7, 11) is 0. The molecule has 3 rings (SSSR count). The highest BCUT2D eigenvalue weighted by molar-refractivity contribution is 6.35. The molecule has 0 saturated carbocycles. The summed E-state index contributed by atoms with van der Waals surface area (Å²) >= 11 is 18.1. The number of aromatic nitrogens is 1. The maximum atomic E-state index is 12.5. The van der Waals surface area contributed by atoms with E-state index in [2.05, 4.69) is 5.32 Å². The maximum Gasteiger partial charge on any atom is 0.257 e. The Balaban J connectivity index is 1.86. The number of carbonyl (C=O) groups is 1. The molecule has 1 heterocycles. The fourth-order valence-corrected chi connectivity index (χ4v) is 3.03. The average molecular weight is 408 g/mol. The molecule has 0 spiro atoms. The largest absolute Gasteiger partial charge is 0.321 e. The van der Waals surface area contributed by atoms with Crippen LogP contribution in [0.25, 0.3) is 0 Å². The number of amides is 1. The van der Waals surface area contributed by atoms with Gasteiger partial charge in [-0.05, 0) is 35.9 Å². The van der Waals surface area contributed by atoms with Crippen molar-refractivity contribution in [3.05, 3.63) is 97.3 Å². The van der Waals surface area contributed by atoms with E-state index in [4.69, 9.17) is 34.8 Å². The van der Waals surface area contributed by atoms with Gasteiger partial charge in [0.15, 0.2) is 0 Å². The molecular weight excluding hydrogens is 395 g/mol. The Kier molecular flexibility index (Phi) is 5.67. The molecule has 0 aliphatic rings. The molecule has 1 N–H and O–H groups in total. The van der Waals surface area contributed by atoms with Crippen molar-refractivity contribution in [2.45, 2.75) is 6.54 Å². The fraction of sp³-hybridized carbons (Fsp3) is 0.0526. The molecule has 0 atom stereocenters. The molecule has 3 aromatic rings. The highest BCUT2D eigenvalue weighted by Crippen LogP contribution is 2.22. The van der Waals surface area contributed by atoms with Gasteiger partial charge in [0.1, 0.15) is 0 Å². The average Bonchev–Trinajstić information content (AvgIpc) is 2.61. The van der Waals surface area contributed by atoms with Crippen LogP contribution in [-0.4, -0.2) is 10.5 Å². The van der Waals surface area contributed by atoms with Crippen molar-refractivity contribution >= 4 is 46.4 Å². The summed E-state index contributed by atoms with van der Waals surface area (Å²) in [5.74, 6) is -0.367. The van der Waals surface area contributed by atoms with Crippen molar-refractivity contribution in [3.63, 3.8) is 0 Å². The number of carbonyl (C=O) groups excluding carboxylic acids is 1. The number of hydrogen-bond donors (Lipinski definition) is 1. The molecule has 1 amide bonds. The van der Waals surface area contributed by atoms with Crippen LogP contribution in [0.5, 0.6) is 0 Å². The second-order valence-electron chi connectivity index (χ2n) is 5.55. The monoisotopic (exact) mass is 406 g/mol. The first-order chi connectivity index (χ1) is 12.4. The lowest BCUT2D eigenvalue weighted by atomic mass is 10.2. The van der Waals surface area contributed by atoms with Crippen molar-refractivity contribution in [1.29, 1.82) is 0 Å². The van der Waals surface area contributed by atoms with Gasteiger partial charge in [0, 0.05) is 22.3 Å². The van der Waals surface area contributed by atoms with Crippen molar-refractivity contribution in [3.8, 4) is 0 Å². The smallest absolute Gasteiger partial charge is 0.257 e. The Bertz CT molecular complexity index is 1030. The number of pyridine rings is 1. The summed E-state index contributed by atoms with van der Waals surface area (Å²) in [5.41, 5.74) is 1.31. The fourth-order valence-electron chi connectivity index (χ4n) is 2.38. The number of para-hydroxylation sites is 1. The number of nitrogens with one attached hydrogen (secondary N) is 1. The van der Waals surface area contributed by atoms with Gasteiger partial charge in [-0.2, -0.15) is 0 Å². The first-order valence-corrected chi connectivity index (χ1v) is 8.78. The number of anilines is 1. The zero-order valence-corrected chi connectivity index (χ0v) is 15.6. The predicted octanol–water partition coefficient (Wildman–Crippen LogP) is 5.11. The zero-order chi connectivity index (χ0) is 18.7. The Morgan fingerprint density at radius 2 is 1.73 bits per heavy atom. The van der Waals surface area contributed by atoms with E-state index in [0.29, 0.717) is 26.3 Å². The van der Waals surface area contributed by atoms with Gasteiger partial charge < -0.3 is 9.88 Å². The SMILES string of the molecule is O=C(Nc1ccccc1Cl)c1ccc(=O)n(Cc2ccc(Cl)cc2Cl)c1. The van der Waals surface area contributed by atoms with Crippen LogP contribution in [0.15, 0.2) is 65.6 Å².